The van der Waals surface area contributed by atoms with Crippen LogP contribution >= 0.6 is 0 Å². The summed E-state index contributed by atoms with van der Waals surface area (Å²) in [5.74, 6) is -20.3. The third kappa shape index (κ3) is 8.72. The molecule has 0 fully saturated rings. The van der Waals surface area contributed by atoms with Gasteiger partial charge in [-0.2, -0.15) is 68.4 Å². The number of aromatic nitrogens is 6. The molecule has 352 valence electrons. The zero-order valence-corrected chi connectivity index (χ0v) is 35.8. The van der Waals surface area contributed by atoms with E-state index in [2.05, 4.69) is 29.9 Å². The fourth-order valence-corrected chi connectivity index (χ4v) is 6.36. The molecule has 4 aromatic carbocycles. The first-order valence-electron chi connectivity index (χ1n) is 18.7. The average Bonchev–Trinajstić information content (AvgIpc) is 3.43. The highest BCUT2D eigenvalue weighted by Crippen LogP contribution is 2.31. The Bertz CT molecular complexity index is 4220. The van der Waals surface area contributed by atoms with Crippen molar-refractivity contribution < 1.29 is 43.9 Å². The lowest BCUT2D eigenvalue weighted by Crippen LogP contribution is -2.31. The van der Waals surface area contributed by atoms with Crippen molar-refractivity contribution in [3.05, 3.63) is 113 Å². The van der Waals surface area contributed by atoms with E-state index in [1.165, 1.54) is 6.07 Å². The Labute approximate surface area is 406 Å². The van der Waals surface area contributed by atoms with Crippen molar-refractivity contribution in [2.24, 2.45) is 0 Å². The van der Waals surface area contributed by atoms with E-state index in [4.69, 9.17) is 36.8 Å². The first kappa shape index (κ1) is 53.3. The number of fused-ring (bicyclic) bond motifs is 7. The molecule has 0 atom stereocenters. The van der Waals surface area contributed by atoms with Gasteiger partial charge in [0, 0.05) is 5.57 Å². The summed E-state index contributed by atoms with van der Waals surface area (Å²) in [6, 6.07) is 18.3. The van der Waals surface area contributed by atoms with Crippen LogP contribution in [0.15, 0.2) is 0 Å². The van der Waals surface area contributed by atoms with Gasteiger partial charge >= 0.3 is 0 Å². The van der Waals surface area contributed by atoms with Crippen molar-refractivity contribution in [2.75, 3.05) is 0 Å². The normalized spacial score (nSPS) is 10.1. The van der Waals surface area contributed by atoms with Crippen LogP contribution in [0.25, 0.3) is 66.2 Å². The van der Waals surface area contributed by atoms with Crippen LogP contribution in [-0.4, -0.2) is 29.9 Å². The second kappa shape index (κ2) is 21.3. The summed E-state index contributed by atoms with van der Waals surface area (Å²) >= 11 is 0. The molecule has 3 heterocycles. The number of rotatable bonds is 0. The van der Waals surface area contributed by atoms with Crippen molar-refractivity contribution in [1.82, 2.24) is 29.9 Å². The molecule has 0 aliphatic heterocycles. The van der Waals surface area contributed by atoms with Gasteiger partial charge in [-0.3, -0.25) is 0 Å². The number of nitriles is 13. The van der Waals surface area contributed by atoms with Gasteiger partial charge in [-0.15, -0.1) is 0 Å². The van der Waals surface area contributed by atoms with Gasteiger partial charge in [-0.25, -0.2) is 73.8 Å². The summed E-state index contributed by atoms with van der Waals surface area (Å²) in [6.07, 6.45) is 0. The van der Waals surface area contributed by atoms with E-state index >= 15 is 0 Å². The zero-order valence-electron chi connectivity index (χ0n) is 35.8. The minimum Gasteiger partial charge on any atom is -0.230 e. The Morgan fingerprint density at radius 3 is 0.653 bits per heavy atom. The van der Waals surface area contributed by atoms with Gasteiger partial charge in [0.15, 0.2) is 80.7 Å². The molecule has 0 amide bonds. The number of nitrogens with zero attached hydrogens (tertiary/aromatic N) is 19. The largest absolute Gasteiger partial charge is 0.230 e. The van der Waals surface area contributed by atoms with E-state index in [-0.39, 0.29) is 67.3 Å². The van der Waals surface area contributed by atoms with Gasteiger partial charge in [0.2, 0.25) is 0 Å². The fraction of sp³-hybridized carbons (Fsp3) is 0.0217. The van der Waals surface area contributed by atoms with Crippen molar-refractivity contribution in [3.8, 4) is 78.9 Å². The molecule has 29 heteroatoms. The van der Waals surface area contributed by atoms with Crippen LogP contribution in [0.2, 0.25) is 0 Å². The summed E-state index contributed by atoms with van der Waals surface area (Å²) < 4.78 is 140. The molecule has 7 aromatic rings. The molecule has 0 unspecified atom stereocenters. The summed E-state index contributed by atoms with van der Waals surface area (Å²) in [5, 5.41) is 107. The molecular formula is C46H3F10N19. The zero-order chi connectivity index (χ0) is 55.9. The highest BCUT2D eigenvalue weighted by Gasteiger charge is 2.29. The lowest BCUT2D eigenvalue weighted by atomic mass is 10.0. The van der Waals surface area contributed by atoms with Crippen molar-refractivity contribution >= 4 is 66.2 Å². The minimum absolute atomic E-state index is 0.0237. The predicted octanol–water partition coefficient (Wildman–Crippen LogP) is 3.95. The van der Waals surface area contributed by atoms with E-state index in [9.17, 15) is 75.5 Å². The lowest BCUT2D eigenvalue weighted by molar-refractivity contribution is 0.434. The number of hydrogen-bond donors (Lipinski definition) is 0. The molecule has 0 radical (unpaired) electrons. The standard InChI is InChI=1S/C18N12.C16H3F6N3.C12F4N4/c19-1-7-8(2-20)26-14-13(25-7)15-17(29-10(4-22)9(3-21)27-15)18-16(14)28-11(5-23)12(6-24)30-18;1-5(2-23)7-11(17)9-10(15(21)13(7)19)12(18)8(6(3-24)4-25)14(20)16(9)22;13-9-7(5(1-17)2-18)10(14)12(16)8(11(9)15)6(3-19)4-20/h;1H3;/b;7-5-;. The molecule has 0 N–H and O–H groups in total. The van der Waals surface area contributed by atoms with Gasteiger partial charge in [-0.1, -0.05) is 0 Å². The maximum absolute atomic E-state index is 14.4. The molecule has 7 rings (SSSR count). The van der Waals surface area contributed by atoms with Crippen LogP contribution in [0.1, 0.15) is 41.1 Å². The third-order valence-electron chi connectivity index (χ3n) is 9.61. The van der Waals surface area contributed by atoms with Gasteiger partial charge in [-0.05, 0) is 6.92 Å². The first-order chi connectivity index (χ1) is 35.7. The fourth-order valence-electron chi connectivity index (χ4n) is 6.36. The quantitative estimate of drug-likeness (QED) is 0.118. The molecule has 0 aliphatic carbocycles. The predicted molar refractivity (Wildman–Crippen MR) is 221 cm³/mol. The van der Waals surface area contributed by atoms with Gasteiger partial charge < -0.3 is 0 Å². The number of hydrogen-bond acceptors (Lipinski definition) is 19. The Balaban J connectivity index is 0.000000213. The summed E-state index contributed by atoms with van der Waals surface area (Å²) in [6.45, 7) is 0.892. The van der Waals surface area contributed by atoms with E-state index in [0.717, 1.165) is 43.3 Å². The molecule has 0 bridgehead atoms. The second-order valence-corrected chi connectivity index (χ2v) is 13.4. The number of halogens is 10. The monoisotopic (exact) mass is 1010 g/mol. The van der Waals surface area contributed by atoms with Crippen LogP contribution in [0.3, 0.4) is 0 Å². The van der Waals surface area contributed by atoms with E-state index in [1.807, 2.05) is 0 Å². The molecule has 0 saturated heterocycles. The average molecular weight is 1010 g/mol. The van der Waals surface area contributed by atoms with Crippen LogP contribution in [-0.2, 0) is 0 Å². The van der Waals surface area contributed by atoms with Crippen molar-refractivity contribution in [2.45, 2.75) is 6.92 Å². The second-order valence-electron chi connectivity index (χ2n) is 13.4. The SMILES string of the molecule is C/C(C#N)=c1/c(F)c(F)c2c(F)c(=C(C#N)C#N)c(F)c(F)c2c1F.N#CC(C#N)=c1c(F)c(F)c(=C(C#N)C#N)c(F)c1F.N#Cc1nc2c3nc(C#N)c(C#N)nc3c3nc(C#N)c(C#N)nc3c2nc1C#N. The smallest absolute Gasteiger partial charge is 0.177 e. The third-order valence-corrected chi connectivity index (χ3v) is 9.61. The van der Waals surface area contributed by atoms with Crippen LogP contribution in [0.4, 0.5) is 43.9 Å². The molecule has 3 aromatic heterocycles. The van der Waals surface area contributed by atoms with Gasteiger partial charge in [0.05, 0.1) is 37.7 Å². The van der Waals surface area contributed by atoms with Crippen LogP contribution < -0.4 is 20.9 Å². The lowest BCUT2D eigenvalue weighted by Gasteiger charge is -2.09. The first-order valence-corrected chi connectivity index (χ1v) is 18.7. The summed E-state index contributed by atoms with van der Waals surface area (Å²) in [5.41, 5.74) is -6.21. The Kier molecular flexibility index (Phi) is 15.1. The topological polar surface area (TPSA) is 387 Å². The van der Waals surface area contributed by atoms with Crippen LogP contribution in [0.5, 0.6) is 0 Å². The Morgan fingerprint density at radius 2 is 0.453 bits per heavy atom. The molecule has 19 nitrogen and oxygen atoms in total. The number of benzene rings is 4. The van der Waals surface area contributed by atoms with Gasteiger partial charge in [0.1, 0.15) is 134 Å². The van der Waals surface area contributed by atoms with Crippen molar-refractivity contribution in [3.63, 3.8) is 0 Å². The maximum atomic E-state index is 14.4. The van der Waals surface area contributed by atoms with E-state index in [1.54, 1.807) is 36.4 Å². The maximum Gasteiger partial charge on any atom is 0.177 e. The molecule has 0 saturated carbocycles. The summed E-state index contributed by atoms with van der Waals surface area (Å²) in [4.78, 5) is 24.7. The van der Waals surface area contributed by atoms with Gasteiger partial charge in [0.25, 0.3) is 0 Å². The highest BCUT2D eigenvalue weighted by molar-refractivity contribution is 6.18. The highest BCUT2D eigenvalue weighted by atomic mass is 19.2. The molecule has 0 spiro atoms. The Morgan fingerprint density at radius 1 is 0.267 bits per heavy atom. The van der Waals surface area contributed by atoms with Crippen molar-refractivity contribution in [1.29, 1.82) is 68.4 Å². The molecule has 0 aliphatic rings. The van der Waals surface area contributed by atoms with E-state index < -0.39 is 112 Å². The molecule has 75 heavy (non-hydrogen) atoms. The summed E-state index contributed by atoms with van der Waals surface area (Å²) in [7, 11) is 0. The molecular weight excluding hydrogens is 1010 g/mol. The van der Waals surface area contributed by atoms with Crippen LogP contribution in [0, 0.1) is 205 Å². The van der Waals surface area contributed by atoms with E-state index in [0.29, 0.717) is 0 Å². The minimum atomic E-state index is -2.13. The Hall–Kier alpha value is -12.7.